The van der Waals surface area contributed by atoms with Crippen molar-refractivity contribution >= 4 is 28.6 Å². The standard InChI is InChI=1S/C22H19N3O5/c26-19(13-18-14-7-1-2-8-15(14)20(27)24-23-18)30-12-6-5-11-25-21(28)16-9-3-4-10-17(16)22(25)29/h1-4,7-10H,5-6,11-13H2,(H,24,27). The molecule has 0 unspecified atom stereocenters. The summed E-state index contributed by atoms with van der Waals surface area (Å²) >= 11 is 0. The van der Waals surface area contributed by atoms with Crippen LogP contribution in [0.3, 0.4) is 0 Å². The highest BCUT2D eigenvalue weighted by Crippen LogP contribution is 2.22. The number of aromatic amines is 1. The first kappa shape index (κ1) is 19.5. The zero-order chi connectivity index (χ0) is 21.1. The molecule has 0 bridgehead atoms. The molecule has 0 atom stereocenters. The van der Waals surface area contributed by atoms with Crippen LogP contribution in [0.2, 0.25) is 0 Å². The molecule has 0 radical (unpaired) electrons. The molecule has 2 amide bonds. The number of nitrogens with one attached hydrogen (secondary N) is 1. The van der Waals surface area contributed by atoms with Crippen molar-refractivity contribution in [1.82, 2.24) is 15.1 Å². The second-order valence-corrected chi connectivity index (χ2v) is 6.96. The molecule has 8 heteroatoms. The topological polar surface area (TPSA) is 109 Å². The lowest BCUT2D eigenvalue weighted by molar-refractivity contribution is -0.143. The third kappa shape index (κ3) is 3.71. The monoisotopic (exact) mass is 405 g/mol. The Labute approximate surface area is 171 Å². The van der Waals surface area contributed by atoms with Crippen LogP contribution in [0.15, 0.2) is 53.3 Å². The minimum Gasteiger partial charge on any atom is -0.465 e. The van der Waals surface area contributed by atoms with Crippen molar-refractivity contribution in [2.45, 2.75) is 19.3 Å². The SMILES string of the molecule is O=C(Cc1n[nH]c(=O)c2ccccc12)OCCCCN1C(=O)c2ccccc2C1=O. The number of nitrogens with zero attached hydrogens (tertiary/aromatic N) is 2. The van der Waals surface area contributed by atoms with Gasteiger partial charge in [-0.1, -0.05) is 30.3 Å². The second-order valence-electron chi connectivity index (χ2n) is 6.96. The number of carbonyl (C=O) groups excluding carboxylic acids is 3. The number of unbranched alkanes of at least 4 members (excludes halogenated alkanes) is 1. The molecule has 0 spiro atoms. The molecule has 30 heavy (non-hydrogen) atoms. The van der Waals surface area contributed by atoms with E-state index in [2.05, 4.69) is 10.2 Å². The largest absolute Gasteiger partial charge is 0.465 e. The molecule has 8 nitrogen and oxygen atoms in total. The van der Waals surface area contributed by atoms with Crippen LogP contribution in [0.5, 0.6) is 0 Å². The van der Waals surface area contributed by atoms with E-state index in [1.807, 2.05) is 0 Å². The fraction of sp³-hybridized carbons (Fsp3) is 0.227. The van der Waals surface area contributed by atoms with Gasteiger partial charge in [-0.3, -0.25) is 24.1 Å². The Morgan fingerprint density at radius 1 is 0.900 bits per heavy atom. The Morgan fingerprint density at radius 3 is 2.23 bits per heavy atom. The predicted molar refractivity (Wildman–Crippen MR) is 108 cm³/mol. The molecule has 2 heterocycles. The van der Waals surface area contributed by atoms with Crippen LogP contribution in [0.25, 0.3) is 10.8 Å². The summed E-state index contributed by atoms with van der Waals surface area (Å²) in [5.41, 5.74) is 0.987. The van der Waals surface area contributed by atoms with Crippen LogP contribution in [0.1, 0.15) is 39.3 Å². The van der Waals surface area contributed by atoms with E-state index in [-0.39, 0.29) is 36.9 Å². The average molecular weight is 405 g/mol. The molecule has 1 aliphatic heterocycles. The van der Waals surface area contributed by atoms with Gasteiger partial charge in [0.25, 0.3) is 17.4 Å². The number of fused-ring (bicyclic) bond motifs is 2. The van der Waals surface area contributed by atoms with Gasteiger partial charge in [0.15, 0.2) is 0 Å². The molecule has 1 aliphatic rings. The fourth-order valence-corrected chi connectivity index (χ4v) is 3.49. The average Bonchev–Trinajstić information content (AvgIpc) is 3.01. The maximum atomic E-state index is 12.3. The normalized spacial score (nSPS) is 13.0. The molecule has 2 aromatic carbocycles. The van der Waals surface area contributed by atoms with Crippen molar-refractivity contribution in [1.29, 1.82) is 0 Å². The fourth-order valence-electron chi connectivity index (χ4n) is 3.49. The summed E-state index contributed by atoms with van der Waals surface area (Å²) in [5, 5.41) is 7.43. The molecule has 3 aromatic rings. The van der Waals surface area contributed by atoms with Gasteiger partial charge in [0.1, 0.15) is 0 Å². The maximum Gasteiger partial charge on any atom is 0.311 e. The van der Waals surface area contributed by atoms with Crippen molar-refractivity contribution in [3.05, 3.63) is 75.7 Å². The van der Waals surface area contributed by atoms with Crippen LogP contribution in [0, 0.1) is 0 Å². The lowest BCUT2D eigenvalue weighted by atomic mass is 10.1. The van der Waals surface area contributed by atoms with Gasteiger partial charge in [0, 0.05) is 11.9 Å². The first-order valence-electron chi connectivity index (χ1n) is 9.63. The maximum absolute atomic E-state index is 12.3. The highest BCUT2D eigenvalue weighted by molar-refractivity contribution is 6.21. The number of hydrogen-bond donors (Lipinski definition) is 1. The predicted octanol–water partition coefficient (Wildman–Crippen LogP) is 2.09. The second kappa shape index (κ2) is 8.28. The Kier molecular flexibility index (Phi) is 5.38. The summed E-state index contributed by atoms with van der Waals surface area (Å²) in [6.07, 6.45) is 0.979. The van der Waals surface area contributed by atoms with Crippen molar-refractivity contribution in [2.24, 2.45) is 0 Å². The molecule has 0 fully saturated rings. The zero-order valence-electron chi connectivity index (χ0n) is 16.1. The molecule has 4 rings (SSSR count). The zero-order valence-corrected chi connectivity index (χ0v) is 16.1. The van der Waals surface area contributed by atoms with Gasteiger partial charge >= 0.3 is 5.97 Å². The van der Waals surface area contributed by atoms with E-state index in [1.54, 1.807) is 48.5 Å². The van der Waals surface area contributed by atoms with Crippen LogP contribution in [-0.2, 0) is 16.0 Å². The summed E-state index contributed by atoms with van der Waals surface area (Å²) in [7, 11) is 0. The van der Waals surface area contributed by atoms with Crippen molar-refractivity contribution in [2.75, 3.05) is 13.2 Å². The number of rotatable bonds is 7. The first-order valence-corrected chi connectivity index (χ1v) is 9.63. The van der Waals surface area contributed by atoms with E-state index in [1.165, 1.54) is 4.90 Å². The number of amides is 2. The third-order valence-electron chi connectivity index (χ3n) is 5.00. The molecule has 1 N–H and O–H groups in total. The number of carbonyl (C=O) groups is 3. The Morgan fingerprint density at radius 2 is 1.53 bits per heavy atom. The number of esters is 1. The minimum absolute atomic E-state index is 0.0598. The lowest BCUT2D eigenvalue weighted by Crippen LogP contribution is -2.30. The van der Waals surface area contributed by atoms with Crippen molar-refractivity contribution < 1.29 is 19.1 Å². The summed E-state index contributed by atoms with van der Waals surface area (Å²) in [4.78, 5) is 49.8. The van der Waals surface area contributed by atoms with Gasteiger partial charge in [0.05, 0.1) is 35.2 Å². The van der Waals surface area contributed by atoms with E-state index in [4.69, 9.17) is 4.74 Å². The molecule has 0 aliphatic carbocycles. The molecular formula is C22H19N3O5. The lowest BCUT2D eigenvalue weighted by Gasteiger charge is -2.13. The number of imide groups is 1. The Bertz CT molecular complexity index is 1170. The summed E-state index contributed by atoms with van der Waals surface area (Å²) < 4.78 is 5.25. The molecule has 1 aromatic heterocycles. The number of aromatic nitrogens is 2. The summed E-state index contributed by atoms with van der Waals surface area (Å²) in [5.74, 6) is -1.03. The van der Waals surface area contributed by atoms with Gasteiger partial charge < -0.3 is 4.74 Å². The molecular weight excluding hydrogens is 386 g/mol. The smallest absolute Gasteiger partial charge is 0.311 e. The molecule has 152 valence electrons. The highest BCUT2D eigenvalue weighted by atomic mass is 16.5. The molecule has 0 saturated carbocycles. The summed E-state index contributed by atoms with van der Waals surface area (Å²) in [6.45, 7) is 0.444. The quantitative estimate of drug-likeness (QED) is 0.366. The molecule has 0 saturated heterocycles. The van der Waals surface area contributed by atoms with E-state index >= 15 is 0 Å². The van der Waals surface area contributed by atoms with Gasteiger partial charge in [-0.25, -0.2) is 5.10 Å². The van der Waals surface area contributed by atoms with E-state index in [9.17, 15) is 19.2 Å². The van der Waals surface area contributed by atoms with Crippen LogP contribution < -0.4 is 5.56 Å². The van der Waals surface area contributed by atoms with Gasteiger partial charge in [-0.15, -0.1) is 0 Å². The number of benzene rings is 2. The van der Waals surface area contributed by atoms with E-state index < -0.39 is 5.97 Å². The van der Waals surface area contributed by atoms with Gasteiger partial charge in [-0.05, 0) is 31.0 Å². The van der Waals surface area contributed by atoms with E-state index in [0.29, 0.717) is 40.4 Å². The first-order chi connectivity index (χ1) is 14.6. The van der Waals surface area contributed by atoms with Crippen molar-refractivity contribution in [3.8, 4) is 0 Å². The number of hydrogen-bond acceptors (Lipinski definition) is 6. The van der Waals surface area contributed by atoms with E-state index in [0.717, 1.165) is 0 Å². The van der Waals surface area contributed by atoms with Crippen molar-refractivity contribution in [3.63, 3.8) is 0 Å². The van der Waals surface area contributed by atoms with Gasteiger partial charge in [0.2, 0.25) is 0 Å². The Balaban J connectivity index is 1.26. The van der Waals surface area contributed by atoms with Gasteiger partial charge in [-0.2, -0.15) is 5.10 Å². The van der Waals surface area contributed by atoms with Crippen LogP contribution >= 0.6 is 0 Å². The Hall–Kier alpha value is -3.81. The number of ether oxygens (including phenoxy) is 1. The third-order valence-corrected chi connectivity index (χ3v) is 5.00. The highest BCUT2D eigenvalue weighted by Gasteiger charge is 2.34. The van der Waals surface area contributed by atoms with Crippen LogP contribution in [-0.4, -0.2) is 46.0 Å². The summed E-state index contributed by atoms with van der Waals surface area (Å²) in [6, 6.07) is 13.7. The van der Waals surface area contributed by atoms with Crippen LogP contribution in [0.4, 0.5) is 0 Å². The number of H-pyrrole nitrogens is 1. The minimum atomic E-state index is -0.458.